The molecule has 24 heavy (non-hydrogen) atoms. The summed E-state index contributed by atoms with van der Waals surface area (Å²) in [6.45, 7) is 4.51. The third-order valence-electron chi connectivity index (χ3n) is 6.97. The van der Waals surface area contributed by atoms with Gasteiger partial charge in [-0.15, -0.1) is 0 Å². The van der Waals surface area contributed by atoms with Crippen molar-refractivity contribution in [2.75, 3.05) is 25.5 Å². The van der Waals surface area contributed by atoms with Crippen molar-refractivity contribution in [2.24, 2.45) is 11.8 Å². The van der Waals surface area contributed by atoms with Crippen molar-refractivity contribution < 1.29 is 9.53 Å². The number of nitrogens with zero attached hydrogens (tertiary/aromatic N) is 1. The molecule has 5 rings (SSSR count). The van der Waals surface area contributed by atoms with Gasteiger partial charge in [-0.1, -0.05) is 31.5 Å². The fourth-order valence-corrected chi connectivity index (χ4v) is 6.20. The number of carbonyl (C=O) groups is 1. The maximum atomic E-state index is 12.8. The molecule has 4 nitrogen and oxygen atoms in total. The third-order valence-corrected chi connectivity index (χ3v) is 6.97. The predicted molar refractivity (Wildman–Crippen MR) is 92.7 cm³/mol. The van der Waals surface area contributed by atoms with E-state index >= 15 is 0 Å². The molecular weight excluding hydrogens is 300 g/mol. The van der Waals surface area contributed by atoms with Gasteiger partial charge in [0, 0.05) is 17.4 Å². The van der Waals surface area contributed by atoms with Gasteiger partial charge < -0.3 is 10.1 Å². The molecule has 2 bridgehead atoms. The minimum atomic E-state index is -0.132. The van der Waals surface area contributed by atoms with Crippen molar-refractivity contribution in [3.8, 4) is 0 Å². The summed E-state index contributed by atoms with van der Waals surface area (Å²) in [7, 11) is 1.52. The fourth-order valence-electron chi connectivity index (χ4n) is 6.20. The second-order valence-electron chi connectivity index (χ2n) is 7.62. The number of nitrogens with one attached hydrogen (secondary N) is 1. The zero-order valence-electron chi connectivity index (χ0n) is 14.3. The number of rotatable bonds is 2. The number of methoxy groups -OCH3 is 1. The van der Waals surface area contributed by atoms with Crippen molar-refractivity contribution in [3.63, 3.8) is 0 Å². The first-order chi connectivity index (χ1) is 11.7. The van der Waals surface area contributed by atoms with Gasteiger partial charge in [-0.2, -0.15) is 0 Å². The van der Waals surface area contributed by atoms with Crippen LogP contribution in [0.15, 0.2) is 35.5 Å². The number of hydrogen-bond acceptors (Lipinski definition) is 4. The van der Waals surface area contributed by atoms with Gasteiger partial charge >= 0.3 is 5.97 Å². The van der Waals surface area contributed by atoms with Gasteiger partial charge in [0.05, 0.1) is 18.1 Å². The number of ether oxygens (including phenoxy) is 1. The highest BCUT2D eigenvalue weighted by atomic mass is 16.5. The first-order valence-corrected chi connectivity index (χ1v) is 9.16. The van der Waals surface area contributed by atoms with Gasteiger partial charge in [-0.05, 0) is 49.4 Å². The molecule has 0 unspecified atom stereocenters. The second-order valence-corrected chi connectivity index (χ2v) is 7.62. The first-order valence-electron chi connectivity index (χ1n) is 9.16. The van der Waals surface area contributed by atoms with Crippen LogP contribution in [0.25, 0.3) is 0 Å². The monoisotopic (exact) mass is 324 g/mol. The highest BCUT2D eigenvalue weighted by Crippen LogP contribution is 2.62. The Morgan fingerprint density at radius 1 is 1.38 bits per heavy atom. The number of fused-ring (bicyclic) bond motifs is 2. The Morgan fingerprint density at radius 2 is 2.21 bits per heavy atom. The summed E-state index contributed by atoms with van der Waals surface area (Å²) in [6.07, 6.45) is 3.28. The maximum Gasteiger partial charge on any atom is 0.335 e. The van der Waals surface area contributed by atoms with E-state index < -0.39 is 0 Å². The van der Waals surface area contributed by atoms with E-state index in [-0.39, 0.29) is 11.4 Å². The van der Waals surface area contributed by atoms with E-state index in [1.807, 2.05) is 0 Å². The van der Waals surface area contributed by atoms with Crippen LogP contribution in [0.1, 0.15) is 31.7 Å². The van der Waals surface area contributed by atoms with E-state index in [0.29, 0.717) is 17.9 Å². The Morgan fingerprint density at radius 3 is 3.00 bits per heavy atom. The lowest BCUT2D eigenvalue weighted by molar-refractivity contribution is -0.138. The molecular formula is C20H24N2O2. The molecule has 126 valence electrons. The van der Waals surface area contributed by atoms with Gasteiger partial charge in [0.1, 0.15) is 0 Å². The van der Waals surface area contributed by atoms with Crippen LogP contribution in [0.5, 0.6) is 0 Å². The van der Waals surface area contributed by atoms with E-state index in [1.165, 1.54) is 18.4 Å². The maximum absolute atomic E-state index is 12.8. The smallest absolute Gasteiger partial charge is 0.335 e. The van der Waals surface area contributed by atoms with Gasteiger partial charge in [0.25, 0.3) is 0 Å². The third kappa shape index (κ3) is 1.51. The molecule has 0 amide bonds. The zero-order chi connectivity index (χ0) is 16.5. The Hall–Kier alpha value is -1.81. The highest BCUT2D eigenvalue weighted by molar-refractivity contribution is 5.93. The number of esters is 1. The lowest BCUT2D eigenvalue weighted by Gasteiger charge is -2.52. The van der Waals surface area contributed by atoms with Gasteiger partial charge in [0.15, 0.2) is 0 Å². The van der Waals surface area contributed by atoms with Crippen LogP contribution in [-0.2, 0) is 14.9 Å². The van der Waals surface area contributed by atoms with Crippen LogP contribution in [0, 0.1) is 11.8 Å². The van der Waals surface area contributed by atoms with E-state index in [2.05, 4.69) is 41.4 Å². The normalized spacial score (nSPS) is 36.2. The number of para-hydroxylation sites is 1. The summed E-state index contributed by atoms with van der Waals surface area (Å²) in [5, 5.41) is 3.65. The minimum absolute atomic E-state index is 0.0439. The molecule has 0 saturated carbocycles. The Balaban J connectivity index is 1.83. The molecule has 2 fully saturated rings. The van der Waals surface area contributed by atoms with Gasteiger partial charge in [-0.25, -0.2) is 4.79 Å². The second kappa shape index (κ2) is 4.85. The molecule has 3 aliphatic heterocycles. The van der Waals surface area contributed by atoms with Crippen LogP contribution < -0.4 is 5.32 Å². The molecule has 1 spiro atoms. The predicted octanol–water partition coefficient (Wildman–Crippen LogP) is 2.91. The molecule has 1 N–H and O–H groups in total. The zero-order valence-corrected chi connectivity index (χ0v) is 14.3. The van der Waals surface area contributed by atoms with Crippen LogP contribution in [0.4, 0.5) is 5.69 Å². The average Bonchev–Trinajstić information content (AvgIpc) is 3.17. The van der Waals surface area contributed by atoms with Gasteiger partial charge in [0.2, 0.25) is 0 Å². The van der Waals surface area contributed by atoms with Crippen LogP contribution in [0.2, 0.25) is 0 Å². The summed E-state index contributed by atoms with van der Waals surface area (Å²) in [5.41, 5.74) is 4.60. The van der Waals surface area contributed by atoms with Crippen molar-refractivity contribution in [2.45, 2.75) is 37.6 Å². The fraction of sp³-hybridized carbons (Fsp3) is 0.550. The summed E-state index contributed by atoms with van der Waals surface area (Å²) >= 11 is 0. The summed E-state index contributed by atoms with van der Waals surface area (Å²) in [4.78, 5) is 15.4. The topological polar surface area (TPSA) is 41.6 Å². The lowest BCUT2D eigenvalue weighted by Crippen LogP contribution is -2.58. The minimum Gasteiger partial charge on any atom is -0.466 e. The first kappa shape index (κ1) is 14.5. The summed E-state index contributed by atoms with van der Waals surface area (Å²) in [6, 6.07) is 9.14. The highest BCUT2D eigenvalue weighted by Gasteiger charge is 2.64. The number of benzene rings is 1. The molecule has 1 aliphatic carbocycles. The quantitative estimate of drug-likeness (QED) is 0.850. The standard InChI is InChI=1S/C20H24N2O2/c1-3-12-13-8-10-22-11-9-20(18(12)22)14-6-4-5-7-15(14)21-17(20)16(13)19(23)24-2/h4-7,12-13,18,21H,3,8-11H2,1-2H3/t12-,13+,18+,20-/m0/s1. The number of anilines is 1. The molecule has 1 aromatic carbocycles. The van der Waals surface area contributed by atoms with E-state index in [0.717, 1.165) is 43.6 Å². The van der Waals surface area contributed by atoms with E-state index in [9.17, 15) is 4.79 Å². The van der Waals surface area contributed by atoms with Crippen molar-refractivity contribution in [3.05, 3.63) is 41.1 Å². The molecule has 2 saturated heterocycles. The largest absolute Gasteiger partial charge is 0.466 e. The number of carbonyl (C=O) groups excluding carboxylic acids is 1. The number of hydrogen-bond donors (Lipinski definition) is 1. The van der Waals surface area contributed by atoms with Crippen LogP contribution in [0.3, 0.4) is 0 Å². The van der Waals surface area contributed by atoms with E-state index in [4.69, 9.17) is 4.74 Å². The molecule has 1 aromatic rings. The number of piperidine rings is 1. The molecule has 4 aliphatic rings. The lowest BCUT2D eigenvalue weighted by atomic mass is 9.57. The average molecular weight is 324 g/mol. The molecule has 0 radical (unpaired) electrons. The van der Waals surface area contributed by atoms with Crippen molar-refractivity contribution in [1.82, 2.24) is 4.90 Å². The molecule has 3 heterocycles. The summed E-state index contributed by atoms with van der Waals surface area (Å²) in [5.74, 6) is 0.728. The van der Waals surface area contributed by atoms with Crippen LogP contribution >= 0.6 is 0 Å². The molecule has 4 atom stereocenters. The SMILES string of the molecule is CC[C@H]1[C@H]2CCN3CC[C@]4(C(=C2C(=O)OC)Nc2ccccc24)[C@@H]13. The summed E-state index contributed by atoms with van der Waals surface area (Å²) < 4.78 is 5.23. The molecule has 4 heteroatoms. The van der Waals surface area contributed by atoms with Crippen LogP contribution in [-0.4, -0.2) is 37.1 Å². The Kier molecular flexibility index (Phi) is 2.94. The van der Waals surface area contributed by atoms with Gasteiger partial charge in [-0.3, -0.25) is 4.90 Å². The Bertz CT molecular complexity index is 756. The van der Waals surface area contributed by atoms with Crippen molar-refractivity contribution in [1.29, 1.82) is 0 Å². The Labute approximate surface area is 142 Å². The van der Waals surface area contributed by atoms with E-state index in [1.54, 1.807) is 0 Å². The van der Waals surface area contributed by atoms with Crippen molar-refractivity contribution >= 4 is 11.7 Å². The molecule has 0 aromatic heterocycles.